The molecule has 0 bridgehead atoms. The Morgan fingerprint density at radius 1 is 1.45 bits per heavy atom. The van der Waals surface area contributed by atoms with Gasteiger partial charge in [-0.25, -0.2) is 0 Å². The van der Waals surface area contributed by atoms with E-state index in [4.69, 9.17) is 0 Å². The third kappa shape index (κ3) is 3.12. The fourth-order valence-corrected chi connectivity index (χ4v) is 2.67. The van der Waals surface area contributed by atoms with E-state index in [9.17, 15) is 9.90 Å². The molecule has 1 atom stereocenters. The highest BCUT2D eigenvalue weighted by molar-refractivity contribution is 5.78. The number of rotatable bonds is 7. The molecule has 4 heteroatoms. The molecule has 1 aliphatic heterocycles. The molecule has 0 aliphatic carbocycles. The Morgan fingerprint density at radius 2 is 2.20 bits per heavy atom. The third-order valence-corrected chi connectivity index (χ3v) is 4.10. The predicted molar refractivity (Wildman–Crippen MR) is 81.3 cm³/mol. The molecule has 2 rings (SSSR count). The number of anilines is 1. The van der Waals surface area contributed by atoms with Crippen LogP contribution in [0.5, 0.6) is 0 Å². The van der Waals surface area contributed by atoms with Crippen molar-refractivity contribution >= 4 is 11.7 Å². The van der Waals surface area contributed by atoms with E-state index in [0.29, 0.717) is 6.42 Å². The van der Waals surface area contributed by atoms with Crippen molar-refractivity contribution < 1.29 is 9.90 Å². The lowest BCUT2D eigenvalue weighted by Crippen LogP contribution is -2.51. The molecule has 110 valence electrons. The summed E-state index contributed by atoms with van der Waals surface area (Å²) in [5, 5.41) is 12.6. The van der Waals surface area contributed by atoms with Crippen LogP contribution < -0.4 is 10.2 Å². The summed E-state index contributed by atoms with van der Waals surface area (Å²) in [5.41, 5.74) is 1.79. The summed E-state index contributed by atoms with van der Waals surface area (Å²) < 4.78 is 0. The van der Waals surface area contributed by atoms with Gasteiger partial charge in [-0.2, -0.15) is 0 Å². The first-order valence-corrected chi connectivity index (χ1v) is 7.38. The Balaban J connectivity index is 1.99. The molecular formula is C16H24N2O2. The molecule has 0 fully saturated rings. The number of hydrogen-bond donors (Lipinski definition) is 2. The minimum absolute atomic E-state index is 0.608. The lowest BCUT2D eigenvalue weighted by Gasteiger charge is -2.29. The van der Waals surface area contributed by atoms with Gasteiger partial charge in [-0.05, 0) is 44.4 Å². The summed E-state index contributed by atoms with van der Waals surface area (Å²) in [4.78, 5) is 13.8. The molecule has 0 aromatic heterocycles. The van der Waals surface area contributed by atoms with Crippen molar-refractivity contribution in [3.63, 3.8) is 0 Å². The molecule has 20 heavy (non-hydrogen) atoms. The van der Waals surface area contributed by atoms with Gasteiger partial charge >= 0.3 is 5.97 Å². The second kappa shape index (κ2) is 6.27. The first kappa shape index (κ1) is 14.9. The van der Waals surface area contributed by atoms with Crippen LogP contribution in [0.3, 0.4) is 0 Å². The fourth-order valence-electron chi connectivity index (χ4n) is 2.67. The first-order valence-electron chi connectivity index (χ1n) is 7.38. The van der Waals surface area contributed by atoms with Gasteiger partial charge in [0.05, 0.1) is 0 Å². The van der Waals surface area contributed by atoms with E-state index in [1.54, 1.807) is 6.92 Å². The van der Waals surface area contributed by atoms with Gasteiger partial charge in [-0.3, -0.25) is 4.79 Å². The molecule has 2 N–H and O–H groups in total. The summed E-state index contributed by atoms with van der Waals surface area (Å²) in [6, 6.07) is 8.39. The largest absolute Gasteiger partial charge is 0.480 e. The first-order chi connectivity index (χ1) is 9.57. The number of carboxylic acids is 1. The number of hydrogen-bond acceptors (Lipinski definition) is 3. The summed E-state index contributed by atoms with van der Waals surface area (Å²) >= 11 is 0. The molecule has 4 nitrogen and oxygen atoms in total. The van der Waals surface area contributed by atoms with Gasteiger partial charge < -0.3 is 15.3 Å². The van der Waals surface area contributed by atoms with E-state index in [-0.39, 0.29) is 0 Å². The monoisotopic (exact) mass is 276 g/mol. The topological polar surface area (TPSA) is 52.6 Å². The highest BCUT2D eigenvalue weighted by Gasteiger charge is 2.33. The Hall–Kier alpha value is -1.55. The molecule has 1 unspecified atom stereocenters. The Bertz CT molecular complexity index is 475. The Morgan fingerprint density at radius 3 is 2.90 bits per heavy atom. The minimum atomic E-state index is -0.840. The highest BCUT2D eigenvalue weighted by Crippen LogP contribution is 2.28. The van der Waals surface area contributed by atoms with Gasteiger partial charge in [-0.1, -0.05) is 25.1 Å². The molecule has 0 saturated heterocycles. The molecule has 1 aromatic rings. The number of fused-ring (bicyclic) bond motifs is 1. The maximum Gasteiger partial charge on any atom is 0.323 e. The van der Waals surface area contributed by atoms with Crippen molar-refractivity contribution in [1.29, 1.82) is 0 Å². The number of benzene rings is 1. The van der Waals surface area contributed by atoms with E-state index in [1.165, 1.54) is 11.3 Å². The molecule has 0 radical (unpaired) electrons. The summed E-state index contributed by atoms with van der Waals surface area (Å²) in [6.45, 7) is 6.33. The molecule has 1 aliphatic rings. The van der Waals surface area contributed by atoms with Gasteiger partial charge in [0.25, 0.3) is 0 Å². The third-order valence-electron chi connectivity index (χ3n) is 4.10. The van der Waals surface area contributed by atoms with Crippen LogP contribution in [-0.2, 0) is 11.2 Å². The molecule has 0 spiro atoms. The van der Waals surface area contributed by atoms with Crippen molar-refractivity contribution in [2.75, 3.05) is 24.5 Å². The van der Waals surface area contributed by atoms with Crippen LogP contribution >= 0.6 is 0 Å². The molecule has 1 aromatic carbocycles. The summed E-state index contributed by atoms with van der Waals surface area (Å²) in [7, 11) is 0. The normalized spacial score (nSPS) is 16.8. The number of carbonyl (C=O) groups is 1. The Kier molecular flexibility index (Phi) is 4.65. The van der Waals surface area contributed by atoms with Crippen LogP contribution in [0.4, 0.5) is 5.69 Å². The number of para-hydroxylation sites is 1. The highest BCUT2D eigenvalue weighted by atomic mass is 16.4. The molecule has 1 heterocycles. The number of nitrogens with zero attached hydrogens (tertiary/aromatic N) is 1. The smallest absolute Gasteiger partial charge is 0.323 e. The van der Waals surface area contributed by atoms with Gasteiger partial charge in [0.1, 0.15) is 5.54 Å². The number of aliphatic carboxylic acids is 1. The second-order valence-electron chi connectivity index (χ2n) is 5.68. The maximum atomic E-state index is 11.5. The van der Waals surface area contributed by atoms with Crippen molar-refractivity contribution in [2.24, 2.45) is 0 Å². The lowest BCUT2D eigenvalue weighted by atomic mass is 9.97. The average molecular weight is 276 g/mol. The molecular weight excluding hydrogens is 252 g/mol. The van der Waals surface area contributed by atoms with Crippen molar-refractivity contribution in [1.82, 2.24) is 5.32 Å². The van der Waals surface area contributed by atoms with E-state index in [0.717, 1.165) is 32.5 Å². The zero-order valence-electron chi connectivity index (χ0n) is 12.4. The lowest BCUT2D eigenvalue weighted by molar-refractivity contribution is -0.144. The van der Waals surface area contributed by atoms with E-state index in [1.807, 2.05) is 13.0 Å². The van der Waals surface area contributed by atoms with E-state index >= 15 is 0 Å². The van der Waals surface area contributed by atoms with Crippen LogP contribution in [0.15, 0.2) is 24.3 Å². The minimum Gasteiger partial charge on any atom is -0.480 e. The van der Waals surface area contributed by atoms with Crippen molar-refractivity contribution in [3.05, 3.63) is 29.8 Å². The van der Waals surface area contributed by atoms with Gasteiger partial charge in [0, 0.05) is 18.8 Å². The summed E-state index contributed by atoms with van der Waals surface area (Å²) in [5.74, 6) is -0.765. The summed E-state index contributed by atoms with van der Waals surface area (Å²) in [6.07, 6.45) is 2.61. The number of nitrogens with one attached hydrogen (secondary N) is 1. The van der Waals surface area contributed by atoms with Crippen LogP contribution in [-0.4, -0.2) is 36.2 Å². The second-order valence-corrected chi connectivity index (χ2v) is 5.68. The van der Waals surface area contributed by atoms with Crippen molar-refractivity contribution in [3.8, 4) is 0 Å². The standard InChI is InChI=1S/C16H24N2O2/c1-3-10-17-16(2,15(19)20)9-12-18-11-8-13-6-4-5-7-14(13)18/h4-7,17H,3,8-12H2,1-2H3,(H,19,20). The number of carboxylic acid groups (broad SMARTS) is 1. The molecule has 0 saturated carbocycles. The fraction of sp³-hybridized carbons (Fsp3) is 0.562. The van der Waals surface area contributed by atoms with Crippen molar-refractivity contribution in [2.45, 2.75) is 38.6 Å². The van der Waals surface area contributed by atoms with Gasteiger partial charge in [0.15, 0.2) is 0 Å². The molecule has 0 amide bonds. The zero-order valence-corrected chi connectivity index (χ0v) is 12.4. The zero-order chi connectivity index (χ0) is 14.6. The quantitative estimate of drug-likeness (QED) is 0.802. The van der Waals surface area contributed by atoms with Gasteiger partial charge in [0.2, 0.25) is 0 Å². The predicted octanol–water partition coefficient (Wildman–Crippen LogP) is 2.28. The van der Waals surface area contributed by atoms with Crippen LogP contribution in [0.25, 0.3) is 0 Å². The van der Waals surface area contributed by atoms with Crippen LogP contribution in [0, 0.1) is 0 Å². The SMILES string of the molecule is CCCNC(C)(CCN1CCc2ccccc21)C(=O)O. The van der Waals surface area contributed by atoms with Crippen LogP contribution in [0.2, 0.25) is 0 Å². The van der Waals surface area contributed by atoms with Crippen LogP contribution in [0.1, 0.15) is 32.3 Å². The van der Waals surface area contributed by atoms with Gasteiger partial charge in [-0.15, -0.1) is 0 Å². The van der Waals surface area contributed by atoms with E-state index in [2.05, 4.69) is 28.4 Å². The Labute approximate surface area is 120 Å². The maximum absolute atomic E-state index is 11.5. The average Bonchev–Trinajstić information content (AvgIpc) is 2.86. The van der Waals surface area contributed by atoms with E-state index < -0.39 is 11.5 Å².